The molecule has 2 aliphatic heterocycles. The number of likely N-dealkylation sites (tertiary alicyclic amines) is 1. The highest BCUT2D eigenvalue weighted by atomic mass is 35.5. The summed E-state index contributed by atoms with van der Waals surface area (Å²) in [6.45, 7) is 5.07. The quantitative estimate of drug-likeness (QED) is 0.778. The Morgan fingerprint density at radius 2 is 1.96 bits per heavy atom. The van der Waals surface area contributed by atoms with Crippen molar-refractivity contribution in [3.8, 4) is 0 Å². The molecule has 4 rings (SSSR count). The molecule has 0 saturated carbocycles. The summed E-state index contributed by atoms with van der Waals surface area (Å²) < 4.78 is 1.94. The van der Waals surface area contributed by atoms with Gasteiger partial charge in [-0.15, -0.1) is 12.4 Å². The lowest BCUT2D eigenvalue weighted by Crippen LogP contribution is -2.37. The van der Waals surface area contributed by atoms with Crippen LogP contribution in [0.1, 0.15) is 53.8 Å². The molecule has 2 unspecified atom stereocenters. The standard InChI is InChI=1S/C21H29N5O.ClH/c27-21(19-10-14-26(24-19)18-9-6-11-22-15-18)23-20(16-25-12-4-5-13-25)17-7-2-1-3-8-17;/h1-3,7-8,10,14,18,20,22H,4-6,9,11-13,15-16H2,(H,23,27);1H. The number of nitrogens with one attached hydrogen (secondary N) is 2. The van der Waals surface area contributed by atoms with Gasteiger partial charge in [-0.25, -0.2) is 0 Å². The van der Waals surface area contributed by atoms with Crippen LogP contribution in [0.4, 0.5) is 0 Å². The first kappa shape index (κ1) is 20.8. The second-order valence-corrected chi connectivity index (χ2v) is 7.63. The summed E-state index contributed by atoms with van der Waals surface area (Å²) in [5.41, 5.74) is 1.65. The van der Waals surface area contributed by atoms with Crippen LogP contribution in [0.5, 0.6) is 0 Å². The van der Waals surface area contributed by atoms with E-state index in [0.717, 1.165) is 51.1 Å². The highest BCUT2D eigenvalue weighted by Gasteiger charge is 2.23. The fourth-order valence-corrected chi connectivity index (χ4v) is 4.10. The molecule has 3 heterocycles. The molecule has 0 bridgehead atoms. The minimum atomic E-state index is -0.0921. The lowest BCUT2D eigenvalue weighted by molar-refractivity contribution is 0.0920. The van der Waals surface area contributed by atoms with Gasteiger partial charge in [-0.05, 0) is 56.9 Å². The Balaban J connectivity index is 0.00000225. The number of halogens is 1. The number of benzene rings is 1. The van der Waals surface area contributed by atoms with Crippen LogP contribution in [0, 0.1) is 0 Å². The molecule has 2 aliphatic rings. The molecule has 1 aromatic heterocycles. The summed E-state index contributed by atoms with van der Waals surface area (Å²) >= 11 is 0. The van der Waals surface area contributed by atoms with Crippen LogP contribution in [0.3, 0.4) is 0 Å². The minimum absolute atomic E-state index is 0. The average Bonchev–Trinajstić information content (AvgIpc) is 3.41. The van der Waals surface area contributed by atoms with Gasteiger partial charge in [0.25, 0.3) is 5.91 Å². The third-order valence-corrected chi connectivity index (χ3v) is 5.63. The van der Waals surface area contributed by atoms with E-state index in [1.165, 1.54) is 12.8 Å². The van der Waals surface area contributed by atoms with Crippen LogP contribution in [-0.4, -0.2) is 53.3 Å². The molecular weight excluding hydrogens is 374 g/mol. The molecule has 2 atom stereocenters. The zero-order chi connectivity index (χ0) is 18.5. The van der Waals surface area contributed by atoms with Crippen molar-refractivity contribution >= 4 is 18.3 Å². The number of aromatic nitrogens is 2. The van der Waals surface area contributed by atoms with E-state index >= 15 is 0 Å². The van der Waals surface area contributed by atoms with Crippen LogP contribution < -0.4 is 10.6 Å². The summed E-state index contributed by atoms with van der Waals surface area (Å²) in [6.07, 6.45) is 6.68. The monoisotopic (exact) mass is 403 g/mol. The van der Waals surface area contributed by atoms with E-state index in [9.17, 15) is 4.79 Å². The van der Waals surface area contributed by atoms with Gasteiger partial charge < -0.3 is 15.5 Å². The highest BCUT2D eigenvalue weighted by molar-refractivity contribution is 5.92. The maximum Gasteiger partial charge on any atom is 0.272 e. The Morgan fingerprint density at radius 3 is 2.68 bits per heavy atom. The molecule has 2 saturated heterocycles. The van der Waals surface area contributed by atoms with Gasteiger partial charge in [0.05, 0.1) is 12.1 Å². The zero-order valence-corrected chi connectivity index (χ0v) is 17.0. The zero-order valence-electron chi connectivity index (χ0n) is 16.2. The van der Waals surface area contributed by atoms with Crippen LogP contribution >= 0.6 is 12.4 Å². The maximum atomic E-state index is 12.9. The fraction of sp³-hybridized carbons (Fsp3) is 0.524. The molecule has 2 fully saturated rings. The lowest BCUT2D eigenvalue weighted by Gasteiger charge is -2.25. The van der Waals surface area contributed by atoms with Crippen LogP contribution in [0.2, 0.25) is 0 Å². The number of nitrogens with zero attached hydrogens (tertiary/aromatic N) is 3. The first-order valence-corrected chi connectivity index (χ1v) is 10.1. The second kappa shape index (κ2) is 10.0. The van der Waals surface area contributed by atoms with Crippen molar-refractivity contribution in [3.05, 3.63) is 53.9 Å². The highest BCUT2D eigenvalue weighted by Crippen LogP contribution is 2.19. The second-order valence-electron chi connectivity index (χ2n) is 7.63. The third kappa shape index (κ3) is 5.13. The van der Waals surface area contributed by atoms with Gasteiger partial charge in [-0.3, -0.25) is 9.48 Å². The normalized spacial score (nSPS) is 21.1. The van der Waals surface area contributed by atoms with Crippen molar-refractivity contribution in [2.45, 2.75) is 37.8 Å². The summed E-state index contributed by atoms with van der Waals surface area (Å²) in [7, 11) is 0. The van der Waals surface area contributed by atoms with E-state index in [-0.39, 0.29) is 24.4 Å². The molecule has 6 nitrogen and oxygen atoms in total. The van der Waals surface area contributed by atoms with Crippen LogP contribution in [0.25, 0.3) is 0 Å². The Morgan fingerprint density at radius 1 is 1.18 bits per heavy atom. The van der Waals surface area contributed by atoms with E-state index in [2.05, 4.69) is 32.8 Å². The topological polar surface area (TPSA) is 62.2 Å². The van der Waals surface area contributed by atoms with Crippen molar-refractivity contribution < 1.29 is 4.79 Å². The Hall–Kier alpha value is -1.89. The fourth-order valence-electron chi connectivity index (χ4n) is 4.10. The predicted octanol–water partition coefficient (Wildman–Crippen LogP) is 2.80. The van der Waals surface area contributed by atoms with Crippen molar-refractivity contribution in [3.63, 3.8) is 0 Å². The maximum absolute atomic E-state index is 12.9. The molecule has 1 amide bonds. The average molecular weight is 404 g/mol. The van der Waals surface area contributed by atoms with Gasteiger partial charge in [-0.2, -0.15) is 5.10 Å². The summed E-state index contributed by atoms with van der Waals surface area (Å²) in [6, 6.07) is 12.4. The van der Waals surface area contributed by atoms with Crippen LogP contribution in [-0.2, 0) is 0 Å². The SMILES string of the molecule is Cl.O=C(NC(CN1CCCC1)c1ccccc1)c1ccn(C2CCCNC2)n1. The Bertz CT molecular complexity index is 738. The van der Waals surface area contributed by atoms with Gasteiger partial charge in [-0.1, -0.05) is 30.3 Å². The molecule has 2 aromatic rings. The van der Waals surface area contributed by atoms with Gasteiger partial charge in [0.1, 0.15) is 5.69 Å². The molecule has 28 heavy (non-hydrogen) atoms. The number of hydrogen-bond acceptors (Lipinski definition) is 4. The van der Waals surface area contributed by atoms with E-state index < -0.39 is 0 Å². The van der Waals surface area contributed by atoms with E-state index in [1.54, 1.807) is 0 Å². The molecule has 2 N–H and O–H groups in total. The largest absolute Gasteiger partial charge is 0.343 e. The van der Waals surface area contributed by atoms with Crippen molar-refractivity contribution in [1.29, 1.82) is 0 Å². The number of amides is 1. The Kier molecular flexibility index (Phi) is 7.48. The summed E-state index contributed by atoms with van der Waals surface area (Å²) in [5, 5.41) is 11.2. The molecule has 0 spiro atoms. The van der Waals surface area contributed by atoms with Crippen molar-refractivity contribution in [2.75, 3.05) is 32.7 Å². The number of carbonyl (C=O) groups excluding carboxylic acids is 1. The molecule has 0 aliphatic carbocycles. The summed E-state index contributed by atoms with van der Waals surface area (Å²) in [4.78, 5) is 15.3. The van der Waals surface area contributed by atoms with Gasteiger partial charge in [0.15, 0.2) is 0 Å². The van der Waals surface area contributed by atoms with Gasteiger partial charge >= 0.3 is 0 Å². The number of hydrogen-bond donors (Lipinski definition) is 2. The molecule has 7 heteroatoms. The van der Waals surface area contributed by atoms with E-state index in [4.69, 9.17) is 0 Å². The van der Waals surface area contributed by atoms with Crippen LogP contribution in [0.15, 0.2) is 42.6 Å². The number of rotatable bonds is 6. The molecule has 1 aromatic carbocycles. The van der Waals surface area contributed by atoms with E-state index in [0.29, 0.717) is 11.7 Å². The van der Waals surface area contributed by atoms with Crippen molar-refractivity contribution in [2.24, 2.45) is 0 Å². The minimum Gasteiger partial charge on any atom is -0.343 e. The smallest absolute Gasteiger partial charge is 0.272 e. The number of carbonyl (C=O) groups is 1. The lowest BCUT2D eigenvalue weighted by atomic mass is 10.1. The van der Waals surface area contributed by atoms with Gasteiger partial charge in [0.2, 0.25) is 0 Å². The van der Waals surface area contributed by atoms with Gasteiger partial charge in [0, 0.05) is 19.3 Å². The molecule has 0 radical (unpaired) electrons. The third-order valence-electron chi connectivity index (χ3n) is 5.63. The predicted molar refractivity (Wildman–Crippen MR) is 113 cm³/mol. The van der Waals surface area contributed by atoms with E-state index in [1.807, 2.05) is 35.1 Å². The first-order valence-electron chi connectivity index (χ1n) is 10.1. The molecule has 152 valence electrons. The Labute approximate surface area is 173 Å². The summed E-state index contributed by atoms with van der Waals surface area (Å²) in [5.74, 6) is -0.0921. The first-order chi connectivity index (χ1) is 13.3. The molecular formula is C21H30ClN5O. The van der Waals surface area contributed by atoms with Crippen molar-refractivity contribution in [1.82, 2.24) is 25.3 Å². The number of piperidine rings is 1.